The summed E-state index contributed by atoms with van der Waals surface area (Å²) in [5.41, 5.74) is 4.57. The Balaban J connectivity index is 1.53. The average Bonchev–Trinajstić information content (AvgIpc) is 3.28. The van der Waals surface area contributed by atoms with Gasteiger partial charge in [-0.3, -0.25) is 0 Å². The van der Waals surface area contributed by atoms with Crippen LogP contribution in [0.1, 0.15) is 50.4 Å². The third-order valence-corrected chi connectivity index (χ3v) is 6.39. The van der Waals surface area contributed by atoms with Gasteiger partial charge in [-0.25, -0.2) is 0 Å². The maximum Gasteiger partial charge on any atom is 0.162 e. The van der Waals surface area contributed by atoms with Gasteiger partial charge < -0.3 is 29.7 Å². The van der Waals surface area contributed by atoms with E-state index in [1.54, 1.807) is 7.11 Å². The molecule has 0 bridgehead atoms. The number of nitrogens with zero attached hydrogens (tertiary/aromatic N) is 1. The van der Waals surface area contributed by atoms with E-state index in [0.29, 0.717) is 13.2 Å². The fraction of sp³-hybridized carbons (Fsp3) is 0.400. The maximum absolute atomic E-state index is 6.20. The Morgan fingerprint density at radius 3 is 2.56 bits per heavy atom. The number of methoxy groups -OCH3 is 1. The Kier molecular flexibility index (Phi) is 9.33. The van der Waals surface area contributed by atoms with Crippen molar-refractivity contribution in [3.63, 3.8) is 0 Å². The molecule has 1 aliphatic rings. The summed E-state index contributed by atoms with van der Waals surface area (Å²) < 4.78 is 17.9. The van der Waals surface area contributed by atoms with Crippen LogP contribution < -0.4 is 29.7 Å². The van der Waals surface area contributed by atoms with E-state index in [-0.39, 0.29) is 6.17 Å². The average molecular weight is 490 g/mol. The molecular formula is C30H39N3O3. The van der Waals surface area contributed by atoms with E-state index in [4.69, 9.17) is 14.2 Å². The molecule has 1 heterocycles. The molecule has 0 spiro atoms. The van der Waals surface area contributed by atoms with Crippen molar-refractivity contribution >= 4 is 11.4 Å². The lowest BCUT2D eigenvalue weighted by Gasteiger charge is -2.28. The van der Waals surface area contributed by atoms with Crippen LogP contribution in [0, 0.1) is 0 Å². The van der Waals surface area contributed by atoms with E-state index in [9.17, 15) is 0 Å². The number of hydrogen-bond donors (Lipinski definition) is 2. The maximum atomic E-state index is 6.20. The van der Waals surface area contributed by atoms with E-state index in [1.807, 2.05) is 24.3 Å². The zero-order valence-electron chi connectivity index (χ0n) is 21.8. The number of fused-ring (bicyclic) bond motifs is 1. The number of unbranched alkanes of at least 4 members (excludes halogenated alkanes) is 1. The smallest absolute Gasteiger partial charge is 0.162 e. The third-order valence-electron chi connectivity index (χ3n) is 6.39. The summed E-state index contributed by atoms with van der Waals surface area (Å²) in [7, 11) is 1.68. The lowest BCUT2D eigenvalue weighted by Crippen LogP contribution is -2.29. The molecular weight excluding hydrogens is 450 g/mol. The number of anilines is 2. The first-order chi connectivity index (χ1) is 17.7. The molecule has 1 aliphatic heterocycles. The largest absolute Gasteiger partial charge is 0.493 e. The van der Waals surface area contributed by atoms with Gasteiger partial charge >= 0.3 is 0 Å². The van der Waals surface area contributed by atoms with Crippen LogP contribution in [0.2, 0.25) is 0 Å². The molecule has 0 aromatic heterocycles. The van der Waals surface area contributed by atoms with Gasteiger partial charge in [-0.05, 0) is 61.3 Å². The van der Waals surface area contributed by atoms with Crippen LogP contribution in [0.15, 0.2) is 66.7 Å². The summed E-state index contributed by atoms with van der Waals surface area (Å²) in [6, 6.07) is 22.8. The standard InChI is InChI=1S/C30H39N3O3/c1-4-6-18-33-27-21-25(35-19-10-17-31-5-2)14-15-26(27)32-30(33)24-13-16-28(34-3)29(20-24)36-22-23-11-8-7-9-12-23/h7-9,11-16,20-21,30-32H,4-6,10,17-19,22H2,1-3H3. The fourth-order valence-corrected chi connectivity index (χ4v) is 4.44. The van der Waals surface area contributed by atoms with E-state index in [2.05, 4.69) is 71.8 Å². The van der Waals surface area contributed by atoms with Gasteiger partial charge in [0.05, 0.1) is 25.1 Å². The SMILES string of the molecule is CCCCN1c2cc(OCCCNCC)ccc2NC1c1ccc(OC)c(OCc2ccccc2)c1. The molecule has 0 radical (unpaired) electrons. The van der Waals surface area contributed by atoms with Gasteiger partial charge in [0.25, 0.3) is 0 Å². The lowest BCUT2D eigenvalue weighted by atomic mass is 10.1. The zero-order valence-corrected chi connectivity index (χ0v) is 21.8. The second-order valence-corrected chi connectivity index (χ2v) is 9.01. The molecule has 1 atom stereocenters. The molecule has 0 fully saturated rings. The number of ether oxygens (including phenoxy) is 3. The first-order valence-electron chi connectivity index (χ1n) is 13.1. The molecule has 2 N–H and O–H groups in total. The van der Waals surface area contributed by atoms with Crippen LogP contribution in [0.5, 0.6) is 17.2 Å². The second kappa shape index (κ2) is 13.1. The monoisotopic (exact) mass is 489 g/mol. The summed E-state index contributed by atoms with van der Waals surface area (Å²) >= 11 is 0. The van der Waals surface area contributed by atoms with Crippen LogP contribution in [-0.2, 0) is 6.61 Å². The zero-order chi connectivity index (χ0) is 25.2. The molecule has 3 aromatic rings. The van der Waals surface area contributed by atoms with Crippen molar-refractivity contribution in [1.29, 1.82) is 0 Å². The van der Waals surface area contributed by atoms with Gasteiger partial charge in [0.15, 0.2) is 11.5 Å². The minimum atomic E-state index is 0.0144. The molecule has 0 aliphatic carbocycles. The first kappa shape index (κ1) is 25.7. The molecule has 6 heteroatoms. The Labute approximate surface area is 215 Å². The highest BCUT2D eigenvalue weighted by Crippen LogP contribution is 2.44. The highest BCUT2D eigenvalue weighted by Gasteiger charge is 2.30. The topological polar surface area (TPSA) is 55.0 Å². The van der Waals surface area contributed by atoms with Gasteiger partial charge in [-0.2, -0.15) is 0 Å². The lowest BCUT2D eigenvalue weighted by molar-refractivity contribution is 0.284. The summed E-state index contributed by atoms with van der Waals surface area (Å²) in [6.07, 6.45) is 3.25. The normalized spacial score (nSPS) is 14.3. The van der Waals surface area contributed by atoms with Crippen molar-refractivity contribution in [1.82, 2.24) is 5.32 Å². The third kappa shape index (κ3) is 6.43. The van der Waals surface area contributed by atoms with Crippen LogP contribution in [0.3, 0.4) is 0 Å². The number of rotatable bonds is 14. The first-order valence-corrected chi connectivity index (χ1v) is 13.1. The van der Waals surface area contributed by atoms with Crippen molar-refractivity contribution in [2.75, 3.05) is 43.6 Å². The van der Waals surface area contributed by atoms with Crippen LogP contribution in [0.25, 0.3) is 0 Å². The minimum Gasteiger partial charge on any atom is -0.493 e. The quantitative estimate of drug-likeness (QED) is 0.256. The van der Waals surface area contributed by atoms with E-state index in [0.717, 1.165) is 73.0 Å². The molecule has 0 amide bonds. The Hall–Kier alpha value is -3.38. The van der Waals surface area contributed by atoms with Crippen molar-refractivity contribution in [2.45, 2.75) is 45.9 Å². The predicted octanol–water partition coefficient (Wildman–Crippen LogP) is 6.38. The van der Waals surface area contributed by atoms with Crippen molar-refractivity contribution in [2.24, 2.45) is 0 Å². The molecule has 1 unspecified atom stereocenters. The van der Waals surface area contributed by atoms with Crippen LogP contribution >= 0.6 is 0 Å². The molecule has 192 valence electrons. The Bertz CT molecular complexity index is 1090. The summed E-state index contributed by atoms with van der Waals surface area (Å²) in [6.45, 7) is 8.47. The van der Waals surface area contributed by atoms with Crippen molar-refractivity contribution in [3.05, 3.63) is 77.9 Å². The fourth-order valence-electron chi connectivity index (χ4n) is 4.44. The number of nitrogens with one attached hydrogen (secondary N) is 2. The molecule has 3 aromatic carbocycles. The molecule has 0 saturated heterocycles. The highest BCUT2D eigenvalue weighted by atomic mass is 16.5. The Morgan fingerprint density at radius 1 is 0.917 bits per heavy atom. The summed E-state index contributed by atoms with van der Waals surface area (Å²) in [5, 5.41) is 7.07. The second-order valence-electron chi connectivity index (χ2n) is 9.01. The van der Waals surface area contributed by atoms with Gasteiger partial charge in [0.1, 0.15) is 18.5 Å². The predicted molar refractivity (Wildman–Crippen MR) is 147 cm³/mol. The van der Waals surface area contributed by atoms with Crippen LogP contribution in [-0.4, -0.2) is 33.4 Å². The van der Waals surface area contributed by atoms with Gasteiger partial charge in [-0.1, -0.05) is 56.7 Å². The van der Waals surface area contributed by atoms with Gasteiger partial charge in [-0.15, -0.1) is 0 Å². The van der Waals surface area contributed by atoms with Crippen molar-refractivity contribution in [3.8, 4) is 17.2 Å². The van der Waals surface area contributed by atoms with E-state index >= 15 is 0 Å². The van der Waals surface area contributed by atoms with Gasteiger partial charge in [0.2, 0.25) is 0 Å². The molecule has 6 nitrogen and oxygen atoms in total. The van der Waals surface area contributed by atoms with Crippen molar-refractivity contribution < 1.29 is 14.2 Å². The Morgan fingerprint density at radius 2 is 1.78 bits per heavy atom. The summed E-state index contributed by atoms with van der Waals surface area (Å²) in [4.78, 5) is 2.44. The van der Waals surface area contributed by atoms with E-state index in [1.165, 1.54) is 5.69 Å². The molecule has 0 saturated carbocycles. The molecule has 36 heavy (non-hydrogen) atoms. The number of hydrogen-bond acceptors (Lipinski definition) is 6. The van der Waals surface area contributed by atoms with Crippen LogP contribution in [0.4, 0.5) is 11.4 Å². The van der Waals surface area contributed by atoms with Gasteiger partial charge in [0, 0.05) is 12.6 Å². The van der Waals surface area contributed by atoms with E-state index < -0.39 is 0 Å². The number of benzene rings is 3. The highest BCUT2D eigenvalue weighted by molar-refractivity contribution is 5.78. The summed E-state index contributed by atoms with van der Waals surface area (Å²) in [5.74, 6) is 2.39. The minimum absolute atomic E-state index is 0.0144. The molecule has 4 rings (SSSR count).